The maximum Gasteiger partial charge on any atom is 0.321 e. The lowest BCUT2D eigenvalue weighted by atomic mass is 9.95. The zero-order valence-electron chi connectivity index (χ0n) is 7.99. The van der Waals surface area contributed by atoms with E-state index in [1.807, 2.05) is 19.1 Å². The first kappa shape index (κ1) is 9.68. The highest BCUT2D eigenvalue weighted by Gasteiger charge is 2.53. The smallest absolute Gasteiger partial charge is 0.321 e. The maximum atomic E-state index is 10.8. The fraction of sp³-hybridized carbons (Fsp3) is 0.500. The highest BCUT2D eigenvalue weighted by atomic mass is 32.1. The van der Waals surface area contributed by atoms with E-state index in [2.05, 4.69) is 0 Å². The Bertz CT molecular complexity index is 368. The van der Waals surface area contributed by atoms with E-state index < -0.39 is 12.0 Å². The highest BCUT2D eigenvalue weighted by Crippen LogP contribution is 2.52. The Morgan fingerprint density at radius 1 is 1.64 bits per heavy atom. The van der Waals surface area contributed by atoms with Gasteiger partial charge >= 0.3 is 5.97 Å². The van der Waals surface area contributed by atoms with Crippen LogP contribution in [0.2, 0.25) is 0 Å². The molecule has 0 saturated heterocycles. The van der Waals surface area contributed by atoms with Gasteiger partial charge in [-0.05, 0) is 31.9 Å². The molecule has 1 aromatic rings. The second kappa shape index (κ2) is 3.07. The van der Waals surface area contributed by atoms with Crippen LogP contribution in [0, 0.1) is 6.92 Å². The third-order valence-corrected chi connectivity index (χ3v) is 4.10. The van der Waals surface area contributed by atoms with Crippen molar-refractivity contribution in [1.29, 1.82) is 0 Å². The number of thiophene rings is 1. The standard InChI is InChI=1S/C10H13NO2S/c1-6-2-3-7(14-6)10(4-5-10)8(11)9(12)13/h2-3,8H,4-5,11H2,1H3,(H,12,13). The topological polar surface area (TPSA) is 63.3 Å². The predicted molar refractivity (Wildman–Crippen MR) is 55.6 cm³/mol. The molecule has 3 N–H and O–H groups in total. The minimum absolute atomic E-state index is 0.259. The molecule has 1 aliphatic rings. The molecule has 1 saturated carbocycles. The van der Waals surface area contributed by atoms with Gasteiger partial charge in [-0.2, -0.15) is 0 Å². The zero-order valence-corrected chi connectivity index (χ0v) is 8.80. The number of hydrogen-bond acceptors (Lipinski definition) is 3. The van der Waals surface area contributed by atoms with Gasteiger partial charge in [0, 0.05) is 15.2 Å². The molecule has 4 heteroatoms. The van der Waals surface area contributed by atoms with Crippen molar-refractivity contribution in [2.45, 2.75) is 31.2 Å². The molecule has 0 spiro atoms. The van der Waals surface area contributed by atoms with Gasteiger partial charge in [-0.1, -0.05) is 0 Å². The van der Waals surface area contributed by atoms with Crippen LogP contribution in [0.3, 0.4) is 0 Å². The van der Waals surface area contributed by atoms with Crippen LogP contribution in [-0.2, 0) is 10.2 Å². The molecule has 0 radical (unpaired) electrons. The van der Waals surface area contributed by atoms with Crippen molar-refractivity contribution in [3.63, 3.8) is 0 Å². The Hall–Kier alpha value is -0.870. The normalized spacial score (nSPS) is 20.4. The second-order valence-electron chi connectivity index (χ2n) is 3.88. The SMILES string of the molecule is Cc1ccc(C2(C(N)C(=O)O)CC2)s1. The highest BCUT2D eigenvalue weighted by molar-refractivity contribution is 7.12. The zero-order chi connectivity index (χ0) is 10.3. The van der Waals surface area contributed by atoms with Gasteiger partial charge in [0.25, 0.3) is 0 Å². The first-order valence-corrected chi connectivity index (χ1v) is 5.43. The second-order valence-corrected chi connectivity index (χ2v) is 5.17. The third-order valence-electron chi connectivity index (χ3n) is 2.88. The number of aliphatic carboxylic acids is 1. The van der Waals surface area contributed by atoms with Gasteiger partial charge in [0.2, 0.25) is 0 Å². The Morgan fingerprint density at radius 2 is 2.29 bits per heavy atom. The van der Waals surface area contributed by atoms with E-state index in [4.69, 9.17) is 10.8 Å². The number of rotatable bonds is 3. The number of carboxylic acid groups (broad SMARTS) is 1. The van der Waals surface area contributed by atoms with Crippen molar-refractivity contribution < 1.29 is 9.90 Å². The molecular formula is C10H13NO2S. The molecule has 76 valence electrons. The minimum atomic E-state index is -0.895. The average molecular weight is 211 g/mol. The Balaban J connectivity index is 2.29. The molecule has 3 nitrogen and oxygen atoms in total. The number of nitrogens with two attached hydrogens (primary N) is 1. The summed E-state index contributed by atoms with van der Waals surface area (Å²) in [6.07, 6.45) is 1.81. The van der Waals surface area contributed by atoms with Gasteiger partial charge in [0.15, 0.2) is 0 Å². The van der Waals surface area contributed by atoms with Gasteiger partial charge < -0.3 is 10.8 Å². The van der Waals surface area contributed by atoms with Gasteiger partial charge in [-0.3, -0.25) is 4.79 Å². The summed E-state index contributed by atoms with van der Waals surface area (Å²) in [7, 11) is 0. The van der Waals surface area contributed by atoms with E-state index in [1.165, 1.54) is 4.88 Å². The first-order valence-electron chi connectivity index (χ1n) is 4.61. The number of aryl methyl sites for hydroxylation is 1. The summed E-state index contributed by atoms with van der Waals surface area (Å²) < 4.78 is 0. The lowest BCUT2D eigenvalue weighted by Crippen LogP contribution is -2.41. The molecule has 0 amide bonds. The maximum absolute atomic E-state index is 10.8. The summed E-state index contributed by atoms with van der Waals surface area (Å²) >= 11 is 1.66. The van der Waals surface area contributed by atoms with Crippen LogP contribution in [0.25, 0.3) is 0 Å². The monoisotopic (exact) mass is 211 g/mol. The van der Waals surface area contributed by atoms with Crippen LogP contribution in [0.5, 0.6) is 0 Å². The molecule has 14 heavy (non-hydrogen) atoms. The summed E-state index contributed by atoms with van der Waals surface area (Å²) in [5.41, 5.74) is 5.45. The van der Waals surface area contributed by atoms with Crippen molar-refractivity contribution in [1.82, 2.24) is 0 Å². The summed E-state index contributed by atoms with van der Waals surface area (Å²) in [4.78, 5) is 13.2. The van der Waals surface area contributed by atoms with Crippen molar-refractivity contribution in [3.8, 4) is 0 Å². The number of carboxylic acids is 1. The summed E-state index contributed by atoms with van der Waals surface area (Å²) in [6.45, 7) is 2.02. The number of hydrogen-bond donors (Lipinski definition) is 2. The van der Waals surface area contributed by atoms with Crippen LogP contribution in [0.4, 0.5) is 0 Å². The molecule has 0 aliphatic heterocycles. The Labute approximate surface area is 86.6 Å². The van der Waals surface area contributed by atoms with Gasteiger partial charge in [-0.15, -0.1) is 11.3 Å². The van der Waals surface area contributed by atoms with E-state index >= 15 is 0 Å². The fourth-order valence-corrected chi connectivity index (χ4v) is 2.94. The molecule has 1 heterocycles. The third kappa shape index (κ3) is 1.35. The number of carbonyl (C=O) groups is 1. The van der Waals surface area contributed by atoms with Gasteiger partial charge in [0.1, 0.15) is 6.04 Å². The van der Waals surface area contributed by atoms with Crippen LogP contribution >= 0.6 is 11.3 Å². The molecular weight excluding hydrogens is 198 g/mol. The average Bonchev–Trinajstić information content (AvgIpc) is 2.83. The van der Waals surface area contributed by atoms with Crippen molar-refractivity contribution >= 4 is 17.3 Å². The van der Waals surface area contributed by atoms with Gasteiger partial charge in [0.05, 0.1) is 0 Å². The predicted octanol–water partition coefficient (Wildman–Crippen LogP) is 1.50. The van der Waals surface area contributed by atoms with E-state index in [9.17, 15) is 4.79 Å². The van der Waals surface area contributed by atoms with Crippen molar-refractivity contribution in [2.24, 2.45) is 5.73 Å². The van der Waals surface area contributed by atoms with Crippen LogP contribution in [0.15, 0.2) is 12.1 Å². The lowest BCUT2D eigenvalue weighted by Gasteiger charge is -2.17. The molecule has 1 unspecified atom stereocenters. The van der Waals surface area contributed by atoms with E-state index in [1.54, 1.807) is 11.3 Å². The van der Waals surface area contributed by atoms with Gasteiger partial charge in [-0.25, -0.2) is 0 Å². The summed E-state index contributed by atoms with van der Waals surface area (Å²) in [6, 6.07) is 3.28. The molecule has 0 aromatic carbocycles. The van der Waals surface area contributed by atoms with Crippen LogP contribution < -0.4 is 5.73 Å². The minimum Gasteiger partial charge on any atom is -0.480 e. The van der Waals surface area contributed by atoms with Crippen molar-refractivity contribution in [2.75, 3.05) is 0 Å². The van der Waals surface area contributed by atoms with E-state index in [0.29, 0.717) is 0 Å². The Kier molecular flexibility index (Phi) is 2.12. The molecule has 1 aliphatic carbocycles. The van der Waals surface area contributed by atoms with Crippen molar-refractivity contribution in [3.05, 3.63) is 21.9 Å². The first-order chi connectivity index (χ1) is 6.56. The van der Waals surface area contributed by atoms with Crippen LogP contribution in [0.1, 0.15) is 22.6 Å². The van der Waals surface area contributed by atoms with Crippen LogP contribution in [-0.4, -0.2) is 17.1 Å². The largest absolute Gasteiger partial charge is 0.480 e. The molecule has 1 aromatic heterocycles. The summed E-state index contributed by atoms with van der Waals surface area (Å²) in [5, 5.41) is 8.91. The molecule has 1 fully saturated rings. The molecule has 0 bridgehead atoms. The Morgan fingerprint density at radius 3 is 2.64 bits per heavy atom. The summed E-state index contributed by atoms with van der Waals surface area (Å²) in [5.74, 6) is -0.895. The van der Waals surface area contributed by atoms with E-state index in [0.717, 1.165) is 17.7 Å². The molecule has 2 rings (SSSR count). The van der Waals surface area contributed by atoms with E-state index in [-0.39, 0.29) is 5.41 Å². The quantitative estimate of drug-likeness (QED) is 0.796. The lowest BCUT2D eigenvalue weighted by molar-refractivity contribution is -0.139. The fourth-order valence-electron chi connectivity index (χ4n) is 1.78. The molecule has 1 atom stereocenters.